The monoisotopic (exact) mass is 287 g/mol. The number of rotatable bonds is 4. The molecular formula is C7H14BrNO2S2. The molecule has 1 rings (SSSR count). The van der Waals surface area contributed by atoms with Crippen LogP contribution in [0, 0.1) is 5.92 Å². The summed E-state index contributed by atoms with van der Waals surface area (Å²) < 4.78 is 24.8. The maximum atomic E-state index is 11.1. The van der Waals surface area contributed by atoms with Crippen LogP contribution in [0.1, 0.15) is 12.8 Å². The maximum Gasteiger partial charge on any atom is 0.221 e. The van der Waals surface area contributed by atoms with E-state index >= 15 is 0 Å². The molecule has 0 spiro atoms. The Bertz CT molecular complexity index is 237. The molecule has 0 aromatic carbocycles. The lowest BCUT2D eigenvalue weighted by molar-refractivity contribution is 0.478. The van der Waals surface area contributed by atoms with E-state index < -0.39 is 10.0 Å². The molecule has 1 aliphatic rings. The number of hydrogen-bond acceptors (Lipinski definition) is 3. The smallest absolute Gasteiger partial charge is 0.214 e. The van der Waals surface area contributed by atoms with Crippen molar-refractivity contribution >= 4 is 37.7 Å². The van der Waals surface area contributed by atoms with Crippen LogP contribution in [0.2, 0.25) is 0 Å². The van der Waals surface area contributed by atoms with Crippen molar-refractivity contribution in [3.05, 3.63) is 0 Å². The average Bonchev–Trinajstić information content (AvgIpc) is 2.17. The predicted molar refractivity (Wildman–Crippen MR) is 60.8 cm³/mol. The number of hydrogen-bond donors (Lipinski definition) is 1. The van der Waals surface area contributed by atoms with Gasteiger partial charge in [-0.05, 0) is 30.3 Å². The van der Waals surface area contributed by atoms with E-state index in [0.717, 1.165) is 12.8 Å². The highest BCUT2D eigenvalue weighted by Crippen LogP contribution is 2.21. The summed E-state index contributed by atoms with van der Waals surface area (Å²) in [5.74, 6) is 2.87. The van der Waals surface area contributed by atoms with Crippen molar-refractivity contribution < 1.29 is 8.42 Å². The van der Waals surface area contributed by atoms with Gasteiger partial charge in [0.15, 0.2) is 0 Å². The highest BCUT2D eigenvalue weighted by atomic mass is 79.9. The molecule has 3 nitrogen and oxygen atoms in total. The molecule has 1 fully saturated rings. The molecule has 6 heteroatoms. The summed E-state index contributed by atoms with van der Waals surface area (Å²) >= 11 is 4.89. The summed E-state index contributed by atoms with van der Waals surface area (Å²) in [5, 5.41) is 0. The first-order chi connectivity index (χ1) is 6.14. The number of halogens is 1. The molecule has 1 heterocycles. The molecule has 0 unspecified atom stereocenters. The van der Waals surface area contributed by atoms with Crippen LogP contribution in [0.15, 0.2) is 0 Å². The lowest BCUT2D eigenvalue weighted by atomic mass is 10.0. The summed E-state index contributed by atoms with van der Waals surface area (Å²) in [6.45, 7) is 0.606. The molecule has 0 atom stereocenters. The zero-order chi connectivity index (χ0) is 9.73. The minimum Gasteiger partial charge on any atom is -0.214 e. The average molecular weight is 288 g/mol. The number of sulfonamides is 1. The predicted octanol–water partition coefficient (Wildman–Crippen LogP) is 1.40. The quantitative estimate of drug-likeness (QED) is 0.795. The van der Waals surface area contributed by atoms with Gasteiger partial charge in [0.25, 0.3) is 0 Å². The molecule has 13 heavy (non-hydrogen) atoms. The van der Waals surface area contributed by atoms with E-state index in [2.05, 4.69) is 20.7 Å². The number of nitrogens with one attached hydrogen (secondary N) is 1. The van der Waals surface area contributed by atoms with E-state index in [-0.39, 0.29) is 4.66 Å². The third-order valence-corrected chi connectivity index (χ3v) is 5.83. The van der Waals surface area contributed by atoms with Gasteiger partial charge in [0, 0.05) is 6.54 Å². The second-order valence-corrected chi connectivity index (χ2v) is 7.46. The van der Waals surface area contributed by atoms with Gasteiger partial charge < -0.3 is 0 Å². The van der Waals surface area contributed by atoms with Gasteiger partial charge in [-0.25, -0.2) is 13.1 Å². The first-order valence-electron chi connectivity index (χ1n) is 4.25. The molecule has 0 radical (unpaired) electrons. The van der Waals surface area contributed by atoms with E-state index in [4.69, 9.17) is 0 Å². The van der Waals surface area contributed by atoms with E-state index in [1.165, 1.54) is 11.5 Å². The summed E-state index contributed by atoms with van der Waals surface area (Å²) in [6, 6.07) is 0. The van der Waals surface area contributed by atoms with Crippen LogP contribution >= 0.6 is 27.7 Å². The van der Waals surface area contributed by atoms with Crippen LogP contribution in [0.3, 0.4) is 0 Å². The Morgan fingerprint density at radius 3 is 2.54 bits per heavy atom. The Morgan fingerprint density at radius 2 is 2.00 bits per heavy atom. The molecule has 0 amide bonds. The van der Waals surface area contributed by atoms with Gasteiger partial charge in [-0.15, -0.1) is 0 Å². The molecule has 1 N–H and O–H groups in total. The Kier molecular flexibility index (Phi) is 5.07. The van der Waals surface area contributed by atoms with Gasteiger partial charge in [0.05, 0.1) is 0 Å². The molecule has 78 valence electrons. The van der Waals surface area contributed by atoms with E-state index in [1.54, 1.807) is 0 Å². The van der Waals surface area contributed by atoms with Crippen molar-refractivity contribution in [1.82, 2.24) is 4.72 Å². The molecule has 0 aliphatic carbocycles. The fourth-order valence-corrected chi connectivity index (χ4v) is 3.49. The number of alkyl halides is 1. The SMILES string of the molecule is O=S(=O)(CBr)NCC1CCSCC1. The summed E-state index contributed by atoms with van der Waals surface area (Å²) in [6.07, 6.45) is 2.27. The molecule has 1 saturated heterocycles. The van der Waals surface area contributed by atoms with E-state index in [0.29, 0.717) is 12.5 Å². The van der Waals surface area contributed by atoms with Crippen LogP contribution in [0.5, 0.6) is 0 Å². The van der Waals surface area contributed by atoms with E-state index in [9.17, 15) is 8.42 Å². The second-order valence-electron chi connectivity index (χ2n) is 3.13. The lowest BCUT2D eigenvalue weighted by Gasteiger charge is -2.21. The molecule has 0 saturated carbocycles. The normalized spacial score (nSPS) is 20.4. The van der Waals surface area contributed by atoms with Crippen molar-refractivity contribution in [2.24, 2.45) is 5.92 Å². The summed E-state index contributed by atoms with van der Waals surface area (Å²) in [5.41, 5.74) is 0. The van der Waals surface area contributed by atoms with Gasteiger partial charge in [-0.3, -0.25) is 0 Å². The zero-order valence-electron chi connectivity index (χ0n) is 7.33. The van der Waals surface area contributed by atoms with Crippen LogP contribution in [0.25, 0.3) is 0 Å². The third kappa shape index (κ3) is 4.67. The van der Waals surface area contributed by atoms with Crippen molar-refractivity contribution in [2.45, 2.75) is 12.8 Å². The van der Waals surface area contributed by atoms with Crippen molar-refractivity contribution in [2.75, 3.05) is 22.7 Å². The summed E-state index contributed by atoms with van der Waals surface area (Å²) in [7, 11) is -3.06. The van der Waals surface area contributed by atoms with Crippen LogP contribution in [-0.4, -0.2) is 31.1 Å². The fraction of sp³-hybridized carbons (Fsp3) is 1.00. The summed E-state index contributed by atoms with van der Waals surface area (Å²) in [4.78, 5) is 0. The van der Waals surface area contributed by atoms with Gasteiger partial charge in [0.2, 0.25) is 10.0 Å². The Morgan fingerprint density at radius 1 is 1.38 bits per heavy atom. The standard InChI is InChI=1S/C7H14BrNO2S2/c8-6-13(10,11)9-5-7-1-3-12-4-2-7/h7,9H,1-6H2. The minimum absolute atomic E-state index is 0.00146. The molecule has 1 aliphatic heterocycles. The third-order valence-electron chi connectivity index (χ3n) is 2.08. The Labute approximate surface area is 92.2 Å². The Hall–Kier alpha value is 0.740. The van der Waals surface area contributed by atoms with Crippen molar-refractivity contribution in [3.8, 4) is 0 Å². The van der Waals surface area contributed by atoms with Gasteiger partial charge >= 0.3 is 0 Å². The first kappa shape index (κ1) is 11.8. The topological polar surface area (TPSA) is 46.2 Å². The highest BCUT2D eigenvalue weighted by molar-refractivity contribution is 9.10. The Balaban J connectivity index is 2.25. The van der Waals surface area contributed by atoms with Gasteiger partial charge in [-0.1, -0.05) is 15.9 Å². The largest absolute Gasteiger partial charge is 0.221 e. The van der Waals surface area contributed by atoms with Gasteiger partial charge in [-0.2, -0.15) is 11.8 Å². The molecule has 0 bridgehead atoms. The molecule has 0 aromatic heterocycles. The lowest BCUT2D eigenvalue weighted by Crippen LogP contribution is -2.31. The van der Waals surface area contributed by atoms with Crippen LogP contribution < -0.4 is 4.72 Å². The van der Waals surface area contributed by atoms with Crippen LogP contribution in [0.4, 0.5) is 0 Å². The zero-order valence-corrected chi connectivity index (χ0v) is 10.5. The number of thioether (sulfide) groups is 1. The van der Waals surface area contributed by atoms with Crippen molar-refractivity contribution in [3.63, 3.8) is 0 Å². The fourth-order valence-electron chi connectivity index (χ4n) is 1.23. The molecular weight excluding hydrogens is 274 g/mol. The first-order valence-corrected chi connectivity index (χ1v) is 8.18. The second kappa shape index (κ2) is 5.58. The molecule has 0 aromatic rings. The maximum absolute atomic E-state index is 11.1. The van der Waals surface area contributed by atoms with Gasteiger partial charge in [0.1, 0.15) is 4.66 Å². The minimum atomic E-state index is -3.06. The highest BCUT2D eigenvalue weighted by Gasteiger charge is 2.16. The van der Waals surface area contributed by atoms with Crippen LogP contribution in [-0.2, 0) is 10.0 Å². The van der Waals surface area contributed by atoms with Crippen molar-refractivity contribution in [1.29, 1.82) is 0 Å². The van der Waals surface area contributed by atoms with E-state index in [1.807, 2.05) is 11.8 Å².